The third kappa shape index (κ3) is 3.22. The number of tetrazole rings is 1. The highest BCUT2D eigenvalue weighted by Crippen LogP contribution is 2.22. The Balaban J connectivity index is 1.89. The molecule has 2 heterocycles. The molecule has 3 aromatic rings. The molecule has 2 aromatic heterocycles. The molecule has 0 spiro atoms. The number of nitrogens with one attached hydrogen (secondary N) is 1. The van der Waals surface area contributed by atoms with Gasteiger partial charge in [0.15, 0.2) is 5.82 Å². The predicted octanol–water partition coefficient (Wildman–Crippen LogP) is 1.82. The van der Waals surface area contributed by atoms with Crippen LogP contribution in [0.5, 0.6) is 0 Å². The van der Waals surface area contributed by atoms with E-state index in [4.69, 9.17) is 4.42 Å². The molecule has 3 rings (SSSR count). The summed E-state index contributed by atoms with van der Waals surface area (Å²) < 4.78 is 34.8. The van der Waals surface area contributed by atoms with Gasteiger partial charge in [-0.25, -0.2) is 17.8 Å². The lowest BCUT2D eigenvalue weighted by Crippen LogP contribution is -2.26. The van der Waals surface area contributed by atoms with Gasteiger partial charge in [-0.2, -0.15) is 0 Å². The molecular weight excluding hydrogens is 330 g/mol. The minimum absolute atomic E-state index is 0.137. The van der Waals surface area contributed by atoms with Gasteiger partial charge in [-0.05, 0) is 48.5 Å². The molecule has 0 amide bonds. The standard InChI is InChI=1S/C15H17N5O3S/c1-10-7-8-14(23-10)11(2)17-24(21,22)13-6-4-5-12(9-13)15-16-18-19-20(15)3/h4-9,11,17H,1-3H3/t11-/m0/s1. The Labute approximate surface area is 139 Å². The number of sulfonamides is 1. The molecule has 0 aliphatic carbocycles. The average Bonchev–Trinajstić information content (AvgIpc) is 3.15. The normalized spacial score (nSPS) is 13.1. The fourth-order valence-corrected chi connectivity index (χ4v) is 3.58. The van der Waals surface area contributed by atoms with Crippen LogP contribution in [-0.2, 0) is 17.1 Å². The molecule has 126 valence electrons. The summed E-state index contributed by atoms with van der Waals surface area (Å²) in [5, 5.41) is 11.2. The van der Waals surface area contributed by atoms with Crippen LogP contribution < -0.4 is 4.72 Å². The molecule has 0 fully saturated rings. The number of furan rings is 1. The molecule has 24 heavy (non-hydrogen) atoms. The first-order valence-corrected chi connectivity index (χ1v) is 8.76. The maximum Gasteiger partial charge on any atom is 0.241 e. The number of aromatic nitrogens is 4. The van der Waals surface area contributed by atoms with Gasteiger partial charge in [-0.1, -0.05) is 12.1 Å². The van der Waals surface area contributed by atoms with Gasteiger partial charge in [0.05, 0.1) is 10.9 Å². The van der Waals surface area contributed by atoms with E-state index in [2.05, 4.69) is 20.2 Å². The lowest BCUT2D eigenvalue weighted by molar-refractivity contribution is 0.441. The van der Waals surface area contributed by atoms with Crippen LogP contribution in [0, 0.1) is 6.92 Å². The van der Waals surface area contributed by atoms with Gasteiger partial charge in [-0.15, -0.1) is 5.10 Å². The lowest BCUT2D eigenvalue weighted by atomic mass is 10.2. The molecule has 0 aliphatic rings. The van der Waals surface area contributed by atoms with Crippen molar-refractivity contribution >= 4 is 10.0 Å². The van der Waals surface area contributed by atoms with Gasteiger partial charge in [0, 0.05) is 12.6 Å². The maximum absolute atomic E-state index is 12.6. The zero-order valence-electron chi connectivity index (χ0n) is 13.5. The summed E-state index contributed by atoms with van der Waals surface area (Å²) >= 11 is 0. The second kappa shape index (κ2) is 6.17. The molecule has 0 radical (unpaired) electrons. The SMILES string of the molecule is Cc1ccc([C@H](C)NS(=O)(=O)c2cccc(-c3nnnn3C)c2)o1. The third-order valence-electron chi connectivity index (χ3n) is 3.54. The van der Waals surface area contributed by atoms with E-state index in [-0.39, 0.29) is 4.90 Å². The molecule has 0 unspecified atom stereocenters. The highest BCUT2D eigenvalue weighted by Gasteiger charge is 2.21. The molecule has 0 saturated heterocycles. The Bertz CT molecular complexity index is 961. The summed E-state index contributed by atoms with van der Waals surface area (Å²) in [4.78, 5) is 0.137. The van der Waals surface area contributed by atoms with E-state index in [1.165, 1.54) is 16.8 Å². The van der Waals surface area contributed by atoms with E-state index in [1.807, 2.05) is 6.92 Å². The summed E-state index contributed by atoms with van der Waals surface area (Å²) in [6.07, 6.45) is 0. The smallest absolute Gasteiger partial charge is 0.241 e. The lowest BCUT2D eigenvalue weighted by Gasteiger charge is -2.12. The van der Waals surface area contributed by atoms with Crippen molar-refractivity contribution < 1.29 is 12.8 Å². The predicted molar refractivity (Wildman–Crippen MR) is 86.4 cm³/mol. The van der Waals surface area contributed by atoms with Crippen molar-refractivity contribution in [3.8, 4) is 11.4 Å². The van der Waals surface area contributed by atoms with Crippen LogP contribution in [0.2, 0.25) is 0 Å². The molecule has 1 aromatic carbocycles. The maximum atomic E-state index is 12.6. The topological polar surface area (TPSA) is 103 Å². The van der Waals surface area contributed by atoms with Crippen LogP contribution in [0.3, 0.4) is 0 Å². The Kier molecular flexibility index (Phi) is 4.20. The number of aryl methyl sites for hydroxylation is 2. The summed E-state index contributed by atoms with van der Waals surface area (Å²) in [6, 6.07) is 9.53. The van der Waals surface area contributed by atoms with Crippen LogP contribution >= 0.6 is 0 Å². The highest BCUT2D eigenvalue weighted by atomic mass is 32.2. The molecule has 0 bridgehead atoms. The number of nitrogens with zero attached hydrogens (tertiary/aromatic N) is 4. The van der Waals surface area contributed by atoms with Crippen LogP contribution in [0.1, 0.15) is 24.5 Å². The van der Waals surface area contributed by atoms with E-state index in [0.717, 1.165) is 5.76 Å². The van der Waals surface area contributed by atoms with Gasteiger partial charge >= 0.3 is 0 Å². The first-order valence-electron chi connectivity index (χ1n) is 7.28. The van der Waals surface area contributed by atoms with Gasteiger partial charge in [-0.3, -0.25) is 0 Å². The Hall–Kier alpha value is -2.52. The Morgan fingerprint density at radius 2 is 2.04 bits per heavy atom. The van der Waals surface area contributed by atoms with Gasteiger partial charge < -0.3 is 4.42 Å². The van der Waals surface area contributed by atoms with E-state index in [9.17, 15) is 8.42 Å². The zero-order valence-corrected chi connectivity index (χ0v) is 14.3. The molecule has 0 saturated carbocycles. The number of benzene rings is 1. The van der Waals surface area contributed by atoms with Gasteiger partial charge in [0.2, 0.25) is 10.0 Å². The van der Waals surface area contributed by atoms with Gasteiger partial charge in [0.25, 0.3) is 0 Å². The molecular formula is C15H17N5O3S. The van der Waals surface area contributed by atoms with E-state index >= 15 is 0 Å². The van der Waals surface area contributed by atoms with Crippen molar-refractivity contribution in [2.45, 2.75) is 24.8 Å². The van der Waals surface area contributed by atoms with Crippen molar-refractivity contribution in [1.29, 1.82) is 0 Å². The quantitative estimate of drug-likeness (QED) is 0.755. The van der Waals surface area contributed by atoms with E-state index in [1.54, 1.807) is 38.2 Å². The van der Waals surface area contributed by atoms with Crippen LogP contribution in [0.4, 0.5) is 0 Å². The largest absolute Gasteiger partial charge is 0.465 e. The van der Waals surface area contributed by atoms with Crippen LogP contribution in [-0.4, -0.2) is 28.6 Å². The van der Waals surface area contributed by atoms with Crippen LogP contribution in [0.15, 0.2) is 45.7 Å². The highest BCUT2D eigenvalue weighted by molar-refractivity contribution is 7.89. The van der Waals surface area contributed by atoms with E-state index < -0.39 is 16.1 Å². The fraction of sp³-hybridized carbons (Fsp3) is 0.267. The average molecular weight is 347 g/mol. The summed E-state index contributed by atoms with van der Waals surface area (Å²) in [5.41, 5.74) is 0.617. The van der Waals surface area contributed by atoms with Crippen molar-refractivity contribution in [3.63, 3.8) is 0 Å². The molecule has 0 aliphatic heterocycles. The monoisotopic (exact) mass is 347 g/mol. The van der Waals surface area contributed by atoms with Crippen molar-refractivity contribution in [3.05, 3.63) is 47.9 Å². The zero-order chi connectivity index (χ0) is 17.3. The molecule has 9 heteroatoms. The first-order chi connectivity index (χ1) is 11.4. The summed E-state index contributed by atoms with van der Waals surface area (Å²) in [6.45, 7) is 3.54. The molecule has 1 N–H and O–H groups in total. The Morgan fingerprint density at radius 3 is 2.67 bits per heavy atom. The minimum atomic E-state index is -3.71. The number of hydrogen-bond donors (Lipinski definition) is 1. The van der Waals surface area contributed by atoms with Gasteiger partial charge in [0.1, 0.15) is 11.5 Å². The van der Waals surface area contributed by atoms with Crippen molar-refractivity contribution in [2.24, 2.45) is 7.05 Å². The first kappa shape index (κ1) is 16.3. The second-order valence-electron chi connectivity index (χ2n) is 5.45. The molecule has 8 nitrogen and oxygen atoms in total. The van der Waals surface area contributed by atoms with Crippen LogP contribution in [0.25, 0.3) is 11.4 Å². The fourth-order valence-electron chi connectivity index (χ4n) is 2.32. The minimum Gasteiger partial charge on any atom is -0.465 e. The second-order valence-corrected chi connectivity index (χ2v) is 7.16. The Morgan fingerprint density at radius 1 is 1.25 bits per heavy atom. The third-order valence-corrected chi connectivity index (χ3v) is 5.08. The molecule has 1 atom stereocenters. The number of hydrogen-bond acceptors (Lipinski definition) is 6. The van der Waals surface area contributed by atoms with Crippen molar-refractivity contribution in [1.82, 2.24) is 24.9 Å². The summed E-state index contributed by atoms with van der Waals surface area (Å²) in [5.74, 6) is 1.78. The van der Waals surface area contributed by atoms with E-state index in [0.29, 0.717) is 17.1 Å². The van der Waals surface area contributed by atoms with Crippen molar-refractivity contribution in [2.75, 3.05) is 0 Å². The summed E-state index contributed by atoms with van der Waals surface area (Å²) in [7, 11) is -2.02. The number of rotatable bonds is 5.